The first-order valence-electron chi connectivity index (χ1n) is 10.6. The van der Waals surface area contributed by atoms with Crippen LogP contribution >= 0.6 is 11.6 Å². The van der Waals surface area contributed by atoms with Gasteiger partial charge in [-0.05, 0) is 47.0 Å². The molecule has 0 amide bonds. The maximum Gasteiger partial charge on any atom is 0.162 e. The molecule has 0 saturated carbocycles. The van der Waals surface area contributed by atoms with Gasteiger partial charge >= 0.3 is 0 Å². The number of hydrogen-bond donors (Lipinski definition) is 0. The van der Waals surface area contributed by atoms with E-state index in [0.717, 1.165) is 22.3 Å². The van der Waals surface area contributed by atoms with Crippen LogP contribution in [0.3, 0.4) is 0 Å². The van der Waals surface area contributed by atoms with Crippen molar-refractivity contribution in [2.75, 3.05) is 0 Å². The van der Waals surface area contributed by atoms with Gasteiger partial charge in [0.25, 0.3) is 0 Å². The fourth-order valence-corrected chi connectivity index (χ4v) is 3.22. The van der Waals surface area contributed by atoms with Crippen molar-refractivity contribution in [2.24, 2.45) is 5.16 Å². The van der Waals surface area contributed by atoms with Gasteiger partial charge in [0, 0.05) is 10.6 Å². The molecule has 0 heterocycles. The van der Waals surface area contributed by atoms with Crippen LogP contribution < -0.4 is 9.47 Å². The minimum Gasteiger partial charge on any atom is -0.485 e. The predicted octanol–water partition coefficient (Wildman–Crippen LogP) is 7.05. The molecule has 4 nitrogen and oxygen atoms in total. The number of halogens is 1. The van der Waals surface area contributed by atoms with Crippen molar-refractivity contribution in [1.29, 1.82) is 0 Å². The van der Waals surface area contributed by atoms with Crippen molar-refractivity contribution in [3.63, 3.8) is 0 Å². The average Bonchev–Trinajstić information content (AvgIpc) is 2.87. The summed E-state index contributed by atoms with van der Waals surface area (Å²) in [5, 5.41) is 4.78. The first kappa shape index (κ1) is 22.4. The Labute approximate surface area is 199 Å². The molecule has 0 saturated heterocycles. The van der Waals surface area contributed by atoms with Gasteiger partial charge < -0.3 is 14.3 Å². The number of rotatable bonds is 10. The molecule has 0 fully saturated rings. The molecule has 33 heavy (non-hydrogen) atoms. The molecule has 0 aromatic heterocycles. The molecule has 4 rings (SSSR count). The van der Waals surface area contributed by atoms with Gasteiger partial charge in [-0.1, -0.05) is 89.6 Å². The Morgan fingerprint density at radius 3 is 1.82 bits per heavy atom. The van der Waals surface area contributed by atoms with E-state index in [-0.39, 0.29) is 0 Å². The van der Waals surface area contributed by atoms with E-state index in [2.05, 4.69) is 5.16 Å². The Balaban J connectivity index is 1.43. The fraction of sp³-hybridized carbons (Fsp3) is 0.107. The molecule has 0 N–H and O–H groups in total. The molecule has 0 spiro atoms. The lowest BCUT2D eigenvalue weighted by Gasteiger charge is -2.14. The highest BCUT2D eigenvalue weighted by Gasteiger charge is 2.08. The number of hydrogen-bond acceptors (Lipinski definition) is 4. The number of benzene rings is 4. The van der Waals surface area contributed by atoms with Gasteiger partial charge in [-0.3, -0.25) is 0 Å². The molecular weight excluding hydrogens is 434 g/mol. The molecule has 0 radical (unpaired) electrons. The summed E-state index contributed by atoms with van der Waals surface area (Å²) in [5.41, 5.74) is 4.01. The first-order valence-corrected chi connectivity index (χ1v) is 11.0. The summed E-state index contributed by atoms with van der Waals surface area (Å²) in [7, 11) is 0. The zero-order valence-electron chi connectivity index (χ0n) is 18.1. The maximum atomic E-state index is 6.10. The van der Waals surface area contributed by atoms with Crippen LogP contribution in [-0.2, 0) is 24.7 Å². The zero-order valence-corrected chi connectivity index (χ0v) is 18.8. The lowest BCUT2D eigenvalue weighted by molar-refractivity contribution is 0.132. The minimum absolute atomic E-state index is 0.364. The molecule has 0 unspecified atom stereocenters. The van der Waals surface area contributed by atoms with E-state index in [1.807, 2.05) is 103 Å². The van der Waals surface area contributed by atoms with Gasteiger partial charge in [0.15, 0.2) is 11.5 Å². The molecule has 5 heteroatoms. The van der Waals surface area contributed by atoms with Crippen molar-refractivity contribution in [1.82, 2.24) is 0 Å². The summed E-state index contributed by atoms with van der Waals surface area (Å²) < 4.78 is 12.1. The van der Waals surface area contributed by atoms with Gasteiger partial charge in [-0.25, -0.2) is 0 Å². The lowest BCUT2D eigenvalue weighted by atomic mass is 10.2. The highest BCUT2D eigenvalue weighted by atomic mass is 35.5. The summed E-state index contributed by atoms with van der Waals surface area (Å²) in [5.74, 6) is 1.32. The van der Waals surface area contributed by atoms with Crippen molar-refractivity contribution in [3.8, 4) is 11.5 Å². The highest BCUT2D eigenvalue weighted by molar-refractivity contribution is 6.30. The van der Waals surface area contributed by atoms with E-state index in [0.29, 0.717) is 36.3 Å². The van der Waals surface area contributed by atoms with Gasteiger partial charge in [0.05, 0.1) is 6.21 Å². The van der Waals surface area contributed by atoms with Gasteiger partial charge in [0.2, 0.25) is 0 Å². The van der Waals surface area contributed by atoms with E-state index in [1.54, 1.807) is 6.21 Å². The Bertz CT molecular complexity index is 1160. The number of oxime groups is 1. The second-order valence-corrected chi connectivity index (χ2v) is 7.83. The second kappa shape index (κ2) is 11.7. The van der Waals surface area contributed by atoms with Gasteiger partial charge in [-0.15, -0.1) is 0 Å². The number of ether oxygens (including phenoxy) is 2. The van der Waals surface area contributed by atoms with E-state index in [9.17, 15) is 0 Å². The Kier molecular flexibility index (Phi) is 7.98. The molecule has 166 valence electrons. The number of nitrogens with zero attached hydrogens (tertiary/aromatic N) is 1. The van der Waals surface area contributed by atoms with Crippen molar-refractivity contribution in [2.45, 2.75) is 19.8 Å². The van der Waals surface area contributed by atoms with Gasteiger partial charge in [-0.2, -0.15) is 0 Å². The summed E-state index contributed by atoms with van der Waals surface area (Å²) in [6, 6.07) is 33.3. The Hall–Kier alpha value is -3.76. The molecule has 0 aliphatic heterocycles. The van der Waals surface area contributed by atoms with Crippen LogP contribution in [0.25, 0.3) is 0 Å². The SMILES string of the molecule is Clc1ccc(CON=Cc2ccc(OCc3ccccc3)c(OCc3ccccc3)c2)cc1. The zero-order chi connectivity index (χ0) is 22.7. The van der Waals surface area contributed by atoms with E-state index < -0.39 is 0 Å². The summed E-state index contributed by atoms with van der Waals surface area (Å²) in [6.45, 7) is 1.26. The van der Waals surface area contributed by atoms with Crippen LogP contribution in [0.1, 0.15) is 22.3 Å². The molecule has 4 aromatic rings. The summed E-state index contributed by atoms with van der Waals surface area (Å²) >= 11 is 5.91. The molecule has 0 atom stereocenters. The summed E-state index contributed by atoms with van der Waals surface area (Å²) in [6.07, 6.45) is 1.66. The molecule has 4 aromatic carbocycles. The third kappa shape index (κ3) is 7.13. The van der Waals surface area contributed by atoms with Crippen LogP contribution in [-0.4, -0.2) is 6.21 Å². The molecular formula is C28H24ClNO3. The summed E-state index contributed by atoms with van der Waals surface area (Å²) in [4.78, 5) is 5.42. The maximum absolute atomic E-state index is 6.10. The monoisotopic (exact) mass is 457 g/mol. The van der Waals surface area contributed by atoms with Crippen LogP contribution in [0.15, 0.2) is 108 Å². The standard InChI is InChI=1S/C28H24ClNO3/c29-26-14-11-24(12-15-26)21-33-30-18-25-13-16-27(31-19-22-7-3-1-4-8-22)28(17-25)32-20-23-9-5-2-6-10-23/h1-18H,19-21H2. The van der Waals surface area contributed by atoms with E-state index >= 15 is 0 Å². The Morgan fingerprint density at radius 2 is 1.18 bits per heavy atom. The fourth-order valence-electron chi connectivity index (χ4n) is 3.10. The van der Waals surface area contributed by atoms with Crippen molar-refractivity contribution in [3.05, 3.63) is 130 Å². The van der Waals surface area contributed by atoms with E-state index in [4.69, 9.17) is 25.9 Å². The third-order valence-electron chi connectivity index (χ3n) is 4.86. The minimum atomic E-state index is 0.364. The van der Waals surface area contributed by atoms with Crippen LogP contribution in [0.5, 0.6) is 11.5 Å². The average molecular weight is 458 g/mol. The lowest BCUT2D eigenvalue weighted by Crippen LogP contribution is -2.01. The predicted molar refractivity (Wildman–Crippen MR) is 132 cm³/mol. The largest absolute Gasteiger partial charge is 0.485 e. The van der Waals surface area contributed by atoms with Crippen molar-refractivity contribution < 1.29 is 14.3 Å². The molecule has 0 aliphatic rings. The van der Waals surface area contributed by atoms with Crippen LogP contribution in [0.2, 0.25) is 5.02 Å². The second-order valence-electron chi connectivity index (χ2n) is 7.39. The normalized spacial score (nSPS) is 10.8. The topological polar surface area (TPSA) is 40.0 Å². The molecule has 0 aliphatic carbocycles. The van der Waals surface area contributed by atoms with Crippen LogP contribution in [0.4, 0.5) is 0 Å². The first-order chi connectivity index (χ1) is 16.3. The smallest absolute Gasteiger partial charge is 0.162 e. The quantitative estimate of drug-likeness (QED) is 0.189. The van der Waals surface area contributed by atoms with Gasteiger partial charge in [0.1, 0.15) is 19.8 Å². The third-order valence-corrected chi connectivity index (χ3v) is 5.11. The van der Waals surface area contributed by atoms with E-state index in [1.165, 1.54) is 0 Å². The molecule has 0 bridgehead atoms. The Morgan fingerprint density at radius 1 is 0.606 bits per heavy atom. The highest BCUT2D eigenvalue weighted by Crippen LogP contribution is 2.30. The van der Waals surface area contributed by atoms with Crippen molar-refractivity contribution >= 4 is 17.8 Å². The van der Waals surface area contributed by atoms with Crippen LogP contribution in [0, 0.1) is 0 Å².